The fourth-order valence-electron chi connectivity index (χ4n) is 3.06. The van der Waals surface area contributed by atoms with Gasteiger partial charge in [-0.1, -0.05) is 44.2 Å². The van der Waals surface area contributed by atoms with Crippen molar-refractivity contribution in [2.45, 2.75) is 57.7 Å². The van der Waals surface area contributed by atoms with E-state index in [-0.39, 0.29) is 18.1 Å². The second-order valence-electron chi connectivity index (χ2n) is 6.47. The molecule has 7 heteroatoms. The molecule has 2 amide bonds. The molecule has 0 aromatic heterocycles. The summed E-state index contributed by atoms with van der Waals surface area (Å²) >= 11 is 0. The molecule has 0 aliphatic heterocycles. The monoisotopic (exact) mass is 356 g/mol. The molecule has 1 aliphatic carbocycles. The van der Waals surface area contributed by atoms with Crippen molar-refractivity contribution in [3.63, 3.8) is 0 Å². The first-order chi connectivity index (χ1) is 11.8. The third-order valence-electron chi connectivity index (χ3n) is 4.44. The molecule has 1 aromatic carbocycles. The Bertz CT molecular complexity index is 596. The second-order valence-corrected chi connectivity index (χ2v) is 6.47. The Balaban J connectivity index is 1.77. The molecule has 1 saturated carbocycles. The predicted molar refractivity (Wildman–Crippen MR) is 88.8 cm³/mol. The molecule has 0 atom stereocenters. The van der Waals surface area contributed by atoms with Gasteiger partial charge in [0.15, 0.2) is 0 Å². The molecule has 1 aliphatic rings. The smallest absolute Gasteiger partial charge is 0.352 e. The molecule has 4 nitrogen and oxygen atoms in total. The SMILES string of the molecule is O=C(CCC1CCCCC1)NCc1cccc(NC(=O)C(F)(F)F)c1. The number of benzene rings is 1. The Morgan fingerprint density at radius 2 is 1.84 bits per heavy atom. The number of hydrogen-bond donors (Lipinski definition) is 2. The van der Waals surface area contributed by atoms with Crippen molar-refractivity contribution in [1.29, 1.82) is 0 Å². The van der Waals surface area contributed by atoms with Crippen LogP contribution in [0.15, 0.2) is 24.3 Å². The van der Waals surface area contributed by atoms with E-state index in [9.17, 15) is 22.8 Å². The van der Waals surface area contributed by atoms with Gasteiger partial charge in [-0.3, -0.25) is 9.59 Å². The number of carbonyl (C=O) groups excluding carboxylic acids is 2. The number of nitrogens with one attached hydrogen (secondary N) is 2. The lowest BCUT2D eigenvalue weighted by Crippen LogP contribution is -2.30. The Morgan fingerprint density at radius 1 is 1.12 bits per heavy atom. The topological polar surface area (TPSA) is 58.2 Å². The zero-order chi connectivity index (χ0) is 18.3. The molecule has 0 heterocycles. The van der Waals surface area contributed by atoms with Crippen molar-refractivity contribution < 1.29 is 22.8 Å². The van der Waals surface area contributed by atoms with E-state index in [1.807, 2.05) is 0 Å². The van der Waals surface area contributed by atoms with Gasteiger partial charge >= 0.3 is 12.1 Å². The highest BCUT2D eigenvalue weighted by Gasteiger charge is 2.38. The normalized spacial score (nSPS) is 15.6. The summed E-state index contributed by atoms with van der Waals surface area (Å²) in [6, 6.07) is 6.02. The zero-order valence-corrected chi connectivity index (χ0v) is 14.0. The molecule has 0 unspecified atom stereocenters. The number of hydrogen-bond acceptors (Lipinski definition) is 2. The van der Waals surface area contributed by atoms with Crippen molar-refractivity contribution in [1.82, 2.24) is 5.32 Å². The average Bonchev–Trinajstić information content (AvgIpc) is 2.58. The lowest BCUT2D eigenvalue weighted by Gasteiger charge is -2.21. The fourth-order valence-corrected chi connectivity index (χ4v) is 3.06. The van der Waals surface area contributed by atoms with E-state index in [2.05, 4.69) is 5.32 Å². The van der Waals surface area contributed by atoms with Crippen molar-refractivity contribution in [3.8, 4) is 0 Å². The molecule has 0 radical (unpaired) electrons. The molecule has 2 rings (SSSR count). The highest BCUT2D eigenvalue weighted by Crippen LogP contribution is 2.27. The molecule has 138 valence electrons. The van der Waals surface area contributed by atoms with E-state index in [4.69, 9.17) is 0 Å². The van der Waals surface area contributed by atoms with Crippen LogP contribution in [0.4, 0.5) is 18.9 Å². The molecule has 0 spiro atoms. The van der Waals surface area contributed by atoms with Crippen LogP contribution in [-0.2, 0) is 16.1 Å². The van der Waals surface area contributed by atoms with Gasteiger partial charge in [0.25, 0.3) is 0 Å². The molecule has 1 aromatic rings. The minimum atomic E-state index is -4.93. The molecule has 0 bridgehead atoms. The van der Waals surface area contributed by atoms with Crippen molar-refractivity contribution in [2.75, 3.05) is 5.32 Å². The summed E-state index contributed by atoms with van der Waals surface area (Å²) in [4.78, 5) is 22.9. The molecular formula is C18H23F3N2O2. The summed E-state index contributed by atoms with van der Waals surface area (Å²) in [6.07, 6.45) is 2.56. The number of alkyl halides is 3. The molecule has 1 fully saturated rings. The summed E-state index contributed by atoms with van der Waals surface area (Å²) in [6.45, 7) is 0.221. The third-order valence-corrected chi connectivity index (χ3v) is 4.44. The minimum Gasteiger partial charge on any atom is -0.352 e. The number of rotatable bonds is 6. The molecule has 2 N–H and O–H groups in total. The zero-order valence-electron chi connectivity index (χ0n) is 14.0. The van der Waals surface area contributed by atoms with Crippen LogP contribution < -0.4 is 10.6 Å². The molecule has 0 saturated heterocycles. The summed E-state index contributed by atoms with van der Waals surface area (Å²) < 4.78 is 36.8. The fraction of sp³-hybridized carbons (Fsp3) is 0.556. The van der Waals surface area contributed by atoms with Crippen LogP contribution >= 0.6 is 0 Å². The van der Waals surface area contributed by atoms with Gasteiger partial charge in [-0.2, -0.15) is 13.2 Å². The Morgan fingerprint density at radius 3 is 2.52 bits per heavy atom. The number of halogens is 3. The molecular weight excluding hydrogens is 333 g/mol. The van der Waals surface area contributed by atoms with E-state index < -0.39 is 12.1 Å². The Labute approximate surface area is 145 Å². The Hall–Kier alpha value is -2.05. The Kier molecular flexibility index (Phi) is 6.84. The van der Waals surface area contributed by atoms with Crippen LogP contribution in [0.2, 0.25) is 0 Å². The maximum absolute atomic E-state index is 12.3. The van der Waals surface area contributed by atoms with Gasteiger partial charge in [-0.25, -0.2) is 0 Å². The van der Waals surface area contributed by atoms with Gasteiger partial charge in [-0.05, 0) is 30.0 Å². The second kappa shape index (κ2) is 8.87. The minimum absolute atomic E-state index is 0.0521. The predicted octanol–water partition coefficient (Wildman–Crippen LogP) is 4.16. The van der Waals surface area contributed by atoms with Gasteiger partial charge in [0.2, 0.25) is 5.91 Å². The summed E-state index contributed by atoms with van der Waals surface area (Å²) in [5.74, 6) is -1.45. The lowest BCUT2D eigenvalue weighted by molar-refractivity contribution is -0.167. The van der Waals surface area contributed by atoms with Crippen molar-refractivity contribution >= 4 is 17.5 Å². The van der Waals surface area contributed by atoms with Crippen LogP contribution in [0, 0.1) is 5.92 Å². The number of anilines is 1. The summed E-state index contributed by atoms with van der Waals surface area (Å²) in [5.41, 5.74) is 0.683. The van der Waals surface area contributed by atoms with E-state index >= 15 is 0 Å². The quantitative estimate of drug-likeness (QED) is 0.804. The van der Waals surface area contributed by atoms with Gasteiger partial charge < -0.3 is 10.6 Å². The van der Waals surface area contributed by atoms with Gasteiger partial charge in [-0.15, -0.1) is 0 Å². The first kappa shape index (κ1) is 19.3. The molecule has 25 heavy (non-hydrogen) atoms. The number of carbonyl (C=O) groups is 2. The standard InChI is InChI=1S/C18H23F3N2O2/c19-18(20,21)17(25)23-15-8-4-7-14(11-15)12-22-16(24)10-9-13-5-2-1-3-6-13/h4,7-8,11,13H,1-3,5-6,9-10,12H2,(H,22,24)(H,23,25). The van der Waals surface area contributed by atoms with Crippen LogP contribution in [0.25, 0.3) is 0 Å². The van der Waals surface area contributed by atoms with Crippen LogP contribution in [0.5, 0.6) is 0 Å². The van der Waals surface area contributed by atoms with Crippen LogP contribution in [0.1, 0.15) is 50.5 Å². The summed E-state index contributed by atoms with van der Waals surface area (Å²) in [5, 5.41) is 4.58. The summed E-state index contributed by atoms with van der Waals surface area (Å²) in [7, 11) is 0. The third kappa shape index (κ3) is 6.76. The van der Waals surface area contributed by atoms with Gasteiger partial charge in [0.05, 0.1) is 0 Å². The van der Waals surface area contributed by atoms with E-state index in [1.165, 1.54) is 50.3 Å². The van der Waals surface area contributed by atoms with Crippen LogP contribution in [-0.4, -0.2) is 18.0 Å². The first-order valence-corrected chi connectivity index (χ1v) is 8.58. The number of amides is 2. The largest absolute Gasteiger partial charge is 0.471 e. The van der Waals surface area contributed by atoms with Gasteiger partial charge in [0, 0.05) is 18.7 Å². The van der Waals surface area contributed by atoms with Crippen molar-refractivity contribution in [3.05, 3.63) is 29.8 Å². The average molecular weight is 356 g/mol. The highest BCUT2D eigenvalue weighted by atomic mass is 19.4. The maximum atomic E-state index is 12.3. The van der Waals surface area contributed by atoms with E-state index in [0.717, 1.165) is 6.42 Å². The highest BCUT2D eigenvalue weighted by molar-refractivity contribution is 5.94. The van der Waals surface area contributed by atoms with E-state index in [1.54, 1.807) is 11.4 Å². The van der Waals surface area contributed by atoms with Gasteiger partial charge in [0.1, 0.15) is 0 Å². The maximum Gasteiger partial charge on any atom is 0.471 e. The van der Waals surface area contributed by atoms with Crippen molar-refractivity contribution in [2.24, 2.45) is 5.92 Å². The first-order valence-electron chi connectivity index (χ1n) is 8.58. The van der Waals surface area contributed by atoms with E-state index in [0.29, 0.717) is 17.9 Å². The van der Waals surface area contributed by atoms with Crippen LogP contribution in [0.3, 0.4) is 0 Å². The lowest BCUT2D eigenvalue weighted by atomic mass is 9.86.